The van der Waals surface area contributed by atoms with Crippen LogP contribution in [0.25, 0.3) is 0 Å². The zero-order valence-electron chi connectivity index (χ0n) is 9.00. The Morgan fingerprint density at radius 3 is 3.07 bits per heavy atom. The highest BCUT2D eigenvalue weighted by atomic mass is 19.1. The Kier molecular flexibility index (Phi) is 2.77. The van der Waals surface area contributed by atoms with E-state index < -0.39 is 6.17 Å². The molecule has 2 aliphatic rings. The van der Waals surface area contributed by atoms with Crippen molar-refractivity contribution in [1.29, 1.82) is 0 Å². The molecule has 2 aliphatic heterocycles. The molecule has 14 heavy (non-hydrogen) atoms. The molecular weight excluding hydrogens is 183 g/mol. The molecule has 0 radical (unpaired) electrons. The van der Waals surface area contributed by atoms with Gasteiger partial charge in [0, 0.05) is 32.6 Å². The molecule has 0 saturated carbocycles. The summed E-state index contributed by atoms with van der Waals surface area (Å²) in [5.74, 6) is 0. The number of fused-ring (bicyclic) bond motifs is 1. The quantitative estimate of drug-likeness (QED) is 0.636. The maximum Gasteiger partial charge on any atom is 0.115 e. The fourth-order valence-corrected chi connectivity index (χ4v) is 2.70. The van der Waals surface area contributed by atoms with Gasteiger partial charge in [-0.15, -0.1) is 0 Å². The van der Waals surface area contributed by atoms with E-state index >= 15 is 0 Å². The Hall–Kier alpha value is -0.190. The second kappa shape index (κ2) is 3.76. The molecule has 2 saturated heterocycles. The third-order valence-corrected chi connectivity index (χ3v) is 3.35. The van der Waals surface area contributed by atoms with Crippen LogP contribution in [0.2, 0.25) is 0 Å². The first-order valence-electron chi connectivity index (χ1n) is 5.32. The minimum Gasteiger partial charge on any atom is -0.298 e. The second-order valence-corrected chi connectivity index (χ2v) is 4.66. The van der Waals surface area contributed by atoms with E-state index in [1.807, 2.05) is 14.1 Å². The topological polar surface area (TPSA) is 15.7 Å². The van der Waals surface area contributed by atoms with Crippen molar-refractivity contribution in [2.24, 2.45) is 0 Å². The van der Waals surface area contributed by atoms with Crippen LogP contribution in [0.5, 0.6) is 0 Å². The molecule has 2 heterocycles. The molecule has 4 heteroatoms. The minimum atomic E-state index is -0.652. The van der Waals surface area contributed by atoms with E-state index in [1.54, 1.807) is 5.06 Å². The summed E-state index contributed by atoms with van der Waals surface area (Å²) in [7, 11) is 3.75. The molecule has 0 aromatic rings. The summed E-state index contributed by atoms with van der Waals surface area (Å²) >= 11 is 0. The highest BCUT2D eigenvalue weighted by molar-refractivity contribution is 5.03. The molecule has 0 unspecified atom stereocenters. The molecule has 0 amide bonds. The summed E-state index contributed by atoms with van der Waals surface area (Å²) in [6.45, 7) is 2.29. The van der Waals surface area contributed by atoms with E-state index in [9.17, 15) is 4.39 Å². The molecule has 2 atom stereocenters. The molecule has 0 N–H and O–H groups in total. The van der Waals surface area contributed by atoms with Gasteiger partial charge in [-0.2, -0.15) is 5.06 Å². The van der Waals surface area contributed by atoms with E-state index in [0.717, 1.165) is 13.0 Å². The lowest BCUT2D eigenvalue weighted by Gasteiger charge is -2.32. The van der Waals surface area contributed by atoms with Gasteiger partial charge >= 0.3 is 0 Å². The van der Waals surface area contributed by atoms with E-state index in [2.05, 4.69) is 4.90 Å². The lowest BCUT2D eigenvalue weighted by molar-refractivity contribution is -0.148. The molecule has 2 fully saturated rings. The molecule has 0 aromatic heterocycles. The van der Waals surface area contributed by atoms with Crippen molar-refractivity contribution in [3.63, 3.8) is 0 Å². The van der Waals surface area contributed by atoms with Gasteiger partial charge in [-0.3, -0.25) is 9.74 Å². The Labute approximate surface area is 84.8 Å². The first kappa shape index (κ1) is 10.3. The van der Waals surface area contributed by atoms with Crippen molar-refractivity contribution in [3.8, 4) is 0 Å². The van der Waals surface area contributed by atoms with Gasteiger partial charge in [-0.25, -0.2) is 4.39 Å². The number of halogens is 1. The summed E-state index contributed by atoms with van der Waals surface area (Å²) in [5.41, 5.74) is 0.00366. The van der Waals surface area contributed by atoms with Gasteiger partial charge in [-0.1, -0.05) is 0 Å². The van der Waals surface area contributed by atoms with Crippen LogP contribution in [0.3, 0.4) is 0 Å². The molecule has 0 aliphatic carbocycles. The minimum absolute atomic E-state index is 0.00366. The Balaban J connectivity index is 1.98. The summed E-state index contributed by atoms with van der Waals surface area (Å²) in [4.78, 5) is 7.77. The lowest BCUT2D eigenvalue weighted by atomic mass is 9.95. The van der Waals surface area contributed by atoms with Crippen LogP contribution in [0.15, 0.2) is 0 Å². The Bertz CT molecular complexity index is 212. The van der Waals surface area contributed by atoms with E-state index in [4.69, 9.17) is 4.84 Å². The van der Waals surface area contributed by atoms with Gasteiger partial charge in [0.15, 0.2) is 0 Å². The van der Waals surface area contributed by atoms with Gasteiger partial charge in [0.2, 0.25) is 0 Å². The van der Waals surface area contributed by atoms with Crippen LogP contribution in [-0.4, -0.2) is 55.5 Å². The number of hydrogen-bond donors (Lipinski definition) is 0. The first-order valence-corrected chi connectivity index (χ1v) is 5.32. The van der Waals surface area contributed by atoms with Crippen LogP contribution in [-0.2, 0) is 4.84 Å². The second-order valence-electron chi connectivity index (χ2n) is 4.66. The first-order chi connectivity index (χ1) is 6.62. The van der Waals surface area contributed by atoms with Crippen LogP contribution in [0, 0.1) is 0 Å². The van der Waals surface area contributed by atoms with Crippen LogP contribution >= 0.6 is 0 Å². The van der Waals surface area contributed by atoms with Crippen molar-refractivity contribution in [3.05, 3.63) is 0 Å². The average molecular weight is 202 g/mol. The monoisotopic (exact) mass is 202 g/mol. The molecule has 0 aromatic carbocycles. The highest BCUT2D eigenvalue weighted by Gasteiger charge is 2.48. The van der Waals surface area contributed by atoms with Gasteiger partial charge in [0.1, 0.15) is 6.17 Å². The Morgan fingerprint density at radius 2 is 2.36 bits per heavy atom. The predicted octanol–water partition coefficient (Wildman–Crippen LogP) is 1.06. The maximum absolute atomic E-state index is 13.3. The maximum atomic E-state index is 13.3. The summed E-state index contributed by atoms with van der Waals surface area (Å²) < 4.78 is 13.3. The van der Waals surface area contributed by atoms with Crippen LogP contribution in [0.4, 0.5) is 4.39 Å². The van der Waals surface area contributed by atoms with Crippen molar-refractivity contribution < 1.29 is 9.23 Å². The average Bonchev–Trinajstić information content (AvgIpc) is 2.56. The smallest absolute Gasteiger partial charge is 0.115 e. The summed E-state index contributed by atoms with van der Waals surface area (Å²) in [5, 5.41) is 1.71. The Morgan fingerprint density at radius 1 is 1.57 bits per heavy atom. The van der Waals surface area contributed by atoms with Gasteiger partial charge in [-0.05, 0) is 19.4 Å². The zero-order chi connectivity index (χ0) is 10.2. The van der Waals surface area contributed by atoms with Crippen molar-refractivity contribution in [2.45, 2.75) is 31.0 Å². The normalized spacial score (nSPS) is 38.1. The molecule has 0 bridgehead atoms. The largest absolute Gasteiger partial charge is 0.298 e. The number of alkyl halides is 1. The standard InChI is InChI=1S/C10H19FN2O/c1-12(2)14-8-10-4-3-5-13(10)7-9(11)6-10/h9H,3-8H2,1-2H3/t9-,10+/m1/s1. The van der Waals surface area contributed by atoms with Gasteiger partial charge in [0.25, 0.3) is 0 Å². The molecular formula is C10H19FN2O. The number of hydroxylamine groups is 2. The molecule has 0 spiro atoms. The number of hydrogen-bond acceptors (Lipinski definition) is 3. The summed E-state index contributed by atoms with van der Waals surface area (Å²) in [6.07, 6.45) is 2.27. The van der Waals surface area contributed by atoms with Crippen molar-refractivity contribution in [1.82, 2.24) is 9.96 Å². The molecule has 82 valence electrons. The number of nitrogens with zero attached hydrogens (tertiary/aromatic N) is 2. The van der Waals surface area contributed by atoms with E-state index in [1.165, 1.54) is 6.42 Å². The third-order valence-electron chi connectivity index (χ3n) is 3.35. The summed E-state index contributed by atoms with van der Waals surface area (Å²) in [6, 6.07) is 0. The van der Waals surface area contributed by atoms with Crippen LogP contribution < -0.4 is 0 Å². The zero-order valence-corrected chi connectivity index (χ0v) is 9.00. The van der Waals surface area contributed by atoms with Gasteiger partial charge in [0.05, 0.1) is 6.61 Å². The third kappa shape index (κ3) is 1.78. The van der Waals surface area contributed by atoms with Crippen molar-refractivity contribution in [2.75, 3.05) is 33.8 Å². The lowest BCUT2D eigenvalue weighted by Crippen LogP contribution is -2.43. The van der Waals surface area contributed by atoms with Gasteiger partial charge < -0.3 is 0 Å². The molecule has 3 nitrogen and oxygen atoms in total. The SMILES string of the molecule is CN(C)OC[C@@]12CCCN1C[C@H](F)C2. The van der Waals surface area contributed by atoms with E-state index in [0.29, 0.717) is 19.6 Å². The van der Waals surface area contributed by atoms with Crippen molar-refractivity contribution >= 4 is 0 Å². The van der Waals surface area contributed by atoms with Crippen LogP contribution in [0.1, 0.15) is 19.3 Å². The highest BCUT2D eigenvalue weighted by Crippen LogP contribution is 2.40. The fraction of sp³-hybridized carbons (Fsp3) is 1.00. The van der Waals surface area contributed by atoms with E-state index in [-0.39, 0.29) is 5.54 Å². The predicted molar refractivity (Wildman–Crippen MR) is 52.7 cm³/mol. The molecule has 2 rings (SSSR count). The fourth-order valence-electron chi connectivity index (χ4n) is 2.70. The number of rotatable bonds is 3.